The molecule has 0 aliphatic carbocycles. The summed E-state index contributed by atoms with van der Waals surface area (Å²) in [7, 11) is 0. The predicted molar refractivity (Wildman–Crippen MR) is 67.1 cm³/mol. The molecule has 0 saturated carbocycles. The van der Waals surface area contributed by atoms with E-state index >= 15 is 0 Å². The lowest BCUT2D eigenvalue weighted by atomic mass is 10.1. The standard InChI is InChI=1S/C14H14F3NO2/c1-9-12(3-2-8-19)18-13(20-9)10-4-6-11(7-5-10)14(15,16)17/h4-7,19H,2-3,8H2,1H3. The highest BCUT2D eigenvalue weighted by atomic mass is 19.4. The molecule has 0 atom stereocenters. The lowest BCUT2D eigenvalue weighted by Gasteiger charge is -2.06. The Morgan fingerprint density at radius 3 is 2.40 bits per heavy atom. The quantitative estimate of drug-likeness (QED) is 0.933. The molecule has 0 spiro atoms. The van der Waals surface area contributed by atoms with E-state index in [4.69, 9.17) is 9.52 Å². The first-order valence-corrected chi connectivity index (χ1v) is 6.16. The number of halogens is 3. The van der Waals surface area contributed by atoms with Gasteiger partial charge in [0.25, 0.3) is 0 Å². The zero-order valence-corrected chi connectivity index (χ0v) is 10.9. The van der Waals surface area contributed by atoms with Crippen molar-refractivity contribution in [3.63, 3.8) is 0 Å². The van der Waals surface area contributed by atoms with E-state index in [9.17, 15) is 13.2 Å². The molecule has 0 saturated heterocycles. The molecule has 3 nitrogen and oxygen atoms in total. The minimum Gasteiger partial charge on any atom is -0.441 e. The first-order valence-electron chi connectivity index (χ1n) is 6.16. The van der Waals surface area contributed by atoms with Gasteiger partial charge in [-0.25, -0.2) is 4.98 Å². The van der Waals surface area contributed by atoms with Crippen molar-refractivity contribution in [2.24, 2.45) is 0 Å². The fraction of sp³-hybridized carbons (Fsp3) is 0.357. The largest absolute Gasteiger partial charge is 0.441 e. The van der Waals surface area contributed by atoms with Crippen LogP contribution in [0.5, 0.6) is 0 Å². The van der Waals surface area contributed by atoms with Gasteiger partial charge in [0.15, 0.2) is 0 Å². The minimum absolute atomic E-state index is 0.0575. The topological polar surface area (TPSA) is 46.3 Å². The molecule has 1 aromatic carbocycles. The number of rotatable bonds is 4. The third-order valence-corrected chi connectivity index (χ3v) is 2.92. The van der Waals surface area contributed by atoms with Gasteiger partial charge in [-0.1, -0.05) is 0 Å². The Morgan fingerprint density at radius 1 is 1.20 bits per heavy atom. The zero-order chi connectivity index (χ0) is 14.8. The molecule has 0 aliphatic heterocycles. The van der Waals surface area contributed by atoms with Crippen LogP contribution in [0, 0.1) is 6.92 Å². The van der Waals surface area contributed by atoms with Crippen LogP contribution in [0.3, 0.4) is 0 Å². The van der Waals surface area contributed by atoms with Crippen molar-refractivity contribution in [1.29, 1.82) is 0 Å². The van der Waals surface area contributed by atoms with Gasteiger partial charge < -0.3 is 9.52 Å². The van der Waals surface area contributed by atoms with Gasteiger partial charge in [0.05, 0.1) is 11.3 Å². The van der Waals surface area contributed by atoms with E-state index in [0.29, 0.717) is 35.7 Å². The van der Waals surface area contributed by atoms with E-state index in [1.54, 1.807) is 6.92 Å². The van der Waals surface area contributed by atoms with E-state index in [-0.39, 0.29) is 6.61 Å². The van der Waals surface area contributed by atoms with Gasteiger partial charge in [-0.3, -0.25) is 0 Å². The van der Waals surface area contributed by atoms with Crippen LogP contribution in [0.15, 0.2) is 28.7 Å². The molecule has 0 amide bonds. The number of nitrogens with zero attached hydrogens (tertiary/aromatic N) is 1. The SMILES string of the molecule is Cc1oc(-c2ccc(C(F)(F)F)cc2)nc1CCCO. The van der Waals surface area contributed by atoms with Gasteiger partial charge in [-0.15, -0.1) is 0 Å². The zero-order valence-electron chi connectivity index (χ0n) is 10.9. The van der Waals surface area contributed by atoms with Crippen molar-refractivity contribution >= 4 is 0 Å². The number of aromatic nitrogens is 1. The second-order valence-electron chi connectivity index (χ2n) is 4.42. The van der Waals surface area contributed by atoms with E-state index in [1.165, 1.54) is 12.1 Å². The van der Waals surface area contributed by atoms with Crippen LogP contribution in [0.4, 0.5) is 13.2 Å². The molecule has 2 rings (SSSR count). The number of hydrogen-bond donors (Lipinski definition) is 1. The second-order valence-corrected chi connectivity index (χ2v) is 4.42. The highest BCUT2D eigenvalue weighted by Crippen LogP contribution is 2.31. The molecule has 20 heavy (non-hydrogen) atoms. The number of aryl methyl sites for hydroxylation is 2. The first-order chi connectivity index (χ1) is 9.41. The Hall–Kier alpha value is -1.82. The van der Waals surface area contributed by atoms with Gasteiger partial charge in [-0.05, 0) is 44.0 Å². The molecule has 1 heterocycles. The monoisotopic (exact) mass is 285 g/mol. The lowest BCUT2D eigenvalue weighted by Crippen LogP contribution is -2.03. The Morgan fingerprint density at radius 2 is 1.85 bits per heavy atom. The predicted octanol–water partition coefficient (Wildman–Crippen LogP) is 3.59. The second kappa shape index (κ2) is 5.66. The van der Waals surface area contributed by atoms with Crippen LogP contribution in [0.1, 0.15) is 23.4 Å². The fourth-order valence-electron chi connectivity index (χ4n) is 1.83. The molecule has 6 heteroatoms. The summed E-state index contributed by atoms with van der Waals surface area (Å²) in [5.74, 6) is 0.914. The molecule has 0 radical (unpaired) electrons. The fourth-order valence-corrected chi connectivity index (χ4v) is 1.83. The highest BCUT2D eigenvalue weighted by Gasteiger charge is 2.30. The summed E-state index contributed by atoms with van der Waals surface area (Å²) in [5, 5.41) is 8.78. The maximum atomic E-state index is 12.5. The van der Waals surface area contributed by atoms with Crippen LogP contribution < -0.4 is 0 Å². The molecule has 1 aromatic heterocycles. The van der Waals surface area contributed by atoms with Crippen molar-refractivity contribution < 1.29 is 22.7 Å². The highest BCUT2D eigenvalue weighted by molar-refractivity contribution is 5.54. The van der Waals surface area contributed by atoms with E-state index in [1.807, 2.05) is 0 Å². The normalized spacial score (nSPS) is 11.8. The molecular weight excluding hydrogens is 271 g/mol. The van der Waals surface area contributed by atoms with E-state index in [2.05, 4.69) is 4.98 Å². The van der Waals surface area contributed by atoms with Gasteiger partial charge in [0.2, 0.25) is 5.89 Å². The number of aliphatic hydroxyl groups is 1. The number of hydrogen-bond acceptors (Lipinski definition) is 3. The molecule has 0 unspecified atom stereocenters. The summed E-state index contributed by atoms with van der Waals surface area (Å²) in [5.41, 5.74) is 0.510. The van der Waals surface area contributed by atoms with E-state index < -0.39 is 11.7 Å². The third-order valence-electron chi connectivity index (χ3n) is 2.92. The minimum atomic E-state index is -4.35. The van der Waals surface area contributed by atoms with Crippen molar-refractivity contribution in [3.05, 3.63) is 41.3 Å². The number of aliphatic hydroxyl groups excluding tert-OH is 1. The van der Waals surface area contributed by atoms with Crippen LogP contribution in [-0.2, 0) is 12.6 Å². The lowest BCUT2D eigenvalue weighted by molar-refractivity contribution is -0.137. The first kappa shape index (κ1) is 14.6. The molecular formula is C14H14F3NO2. The summed E-state index contributed by atoms with van der Waals surface area (Å²) in [6.07, 6.45) is -3.20. The molecule has 0 bridgehead atoms. The Labute approximate surface area is 114 Å². The molecule has 2 aromatic rings. The molecule has 0 aliphatic rings. The van der Waals surface area contributed by atoms with Crippen molar-refractivity contribution in [2.45, 2.75) is 25.9 Å². The summed E-state index contributed by atoms with van der Waals surface area (Å²) in [6.45, 7) is 1.80. The summed E-state index contributed by atoms with van der Waals surface area (Å²) in [4.78, 5) is 4.25. The number of oxazole rings is 1. The van der Waals surface area contributed by atoms with Crippen LogP contribution in [0.2, 0.25) is 0 Å². The van der Waals surface area contributed by atoms with Gasteiger partial charge in [-0.2, -0.15) is 13.2 Å². The number of benzene rings is 1. The molecule has 108 valence electrons. The Balaban J connectivity index is 2.24. The summed E-state index contributed by atoms with van der Waals surface area (Å²) < 4.78 is 42.8. The van der Waals surface area contributed by atoms with Crippen molar-refractivity contribution in [3.8, 4) is 11.5 Å². The molecule has 1 N–H and O–H groups in total. The van der Waals surface area contributed by atoms with Crippen LogP contribution >= 0.6 is 0 Å². The van der Waals surface area contributed by atoms with Crippen LogP contribution in [-0.4, -0.2) is 16.7 Å². The van der Waals surface area contributed by atoms with Gasteiger partial charge in [0.1, 0.15) is 5.76 Å². The maximum absolute atomic E-state index is 12.5. The summed E-state index contributed by atoms with van der Waals surface area (Å²) in [6, 6.07) is 4.68. The Bertz CT molecular complexity index is 573. The van der Waals surface area contributed by atoms with Crippen molar-refractivity contribution in [2.75, 3.05) is 6.61 Å². The van der Waals surface area contributed by atoms with Crippen molar-refractivity contribution in [1.82, 2.24) is 4.98 Å². The summed E-state index contributed by atoms with van der Waals surface area (Å²) >= 11 is 0. The van der Waals surface area contributed by atoms with Gasteiger partial charge >= 0.3 is 6.18 Å². The maximum Gasteiger partial charge on any atom is 0.416 e. The average Bonchev–Trinajstić information content (AvgIpc) is 2.77. The Kier molecular flexibility index (Phi) is 4.13. The smallest absolute Gasteiger partial charge is 0.416 e. The third kappa shape index (κ3) is 3.19. The number of alkyl halides is 3. The van der Waals surface area contributed by atoms with Crippen LogP contribution in [0.25, 0.3) is 11.5 Å². The van der Waals surface area contributed by atoms with Gasteiger partial charge in [0, 0.05) is 12.2 Å². The molecule has 0 fully saturated rings. The average molecular weight is 285 g/mol. The van der Waals surface area contributed by atoms with E-state index in [0.717, 1.165) is 12.1 Å².